The Morgan fingerprint density at radius 2 is 1.87 bits per heavy atom. The summed E-state index contributed by atoms with van der Waals surface area (Å²) in [5.41, 5.74) is 6.39. The van der Waals surface area contributed by atoms with E-state index in [0.717, 1.165) is 88.2 Å². The molecule has 1 saturated carbocycles. The van der Waals surface area contributed by atoms with Crippen LogP contribution in [0, 0.1) is 11.8 Å². The number of benzene rings is 1. The van der Waals surface area contributed by atoms with Gasteiger partial charge in [0, 0.05) is 57.1 Å². The Bertz CT molecular complexity index is 844. The standard InChI is InChI=1S/C22H33N7O/c23-20(30)17-7-5-16(6-8-17)15-26-22-27-19-4-2-1-3-18(19)21(28-22)25-11-14-29-12-9-24-10-13-29/h1-4,16-17,24H,5-15H2,(H2,23,30)(H2,25,26,27,28). The van der Waals surface area contributed by atoms with Crippen LogP contribution in [0.5, 0.6) is 0 Å². The van der Waals surface area contributed by atoms with Gasteiger partial charge in [0.05, 0.1) is 5.52 Å². The van der Waals surface area contributed by atoms with Crippen molar-refractivity contribution in [2.24, 2.45) is 17.6 Å². The largest absolute Gasteiger partial charge is 0.369 e. The number of hydrogen-bond acceptors (Lipinski definition) is 7. The number of primary amides is 1. The molecule has 2 heterocycles. The number of fused-ring (bicyclic) bond motifs is 1. The number of nitrogens with zero attached hydrogens (tertiary/aromatic N) is 3. The molecule has 5 N–H and O–H groups in total. The molecule has 1 aromatic carbocycles. The molecular formula is C22H33N7O. The number of carbonyl (C=O) groups excluding carboxylic acids is 1. The highest BCUT2D eigenvalue weighted by Gasteiger charge is 2.24. The Kier molecular flexibility index (Phi) is 6.96. The molecule has 0 unspecified atom stereocenters. The zero-order valence-corrected chi connectivity index (χ0v) is 17.6. The normalized spacial score (nSPS) is 22.7. The van der Waals surface area contributed by atoms with E-state index in [1.807, 2.05) is 18.2 Å². The van der Waals surface area contributed by atoms with Gasteiger partial charge in [-0.1, -0.05) is 12.1 Å². The number of amides is 1. The average Bonchev–Trinajstić information content (AvgIpc) is 2.78. The fraction of sp³-hybridized carbons (Fsp3) is 0.591. The summed E-state index contributed by atoms with van der Waals surface area (Å²) in [4.78, 5) is 23.3. The van der Waals surface area contributed by atoms with Crippen LogP contribution in [0.1, 0.15) is 25.7 Å². The second kappa shape index (κ2) is 10.0. The lowest BCUT2D eigenvalue weighted by molar-refractivity contribution is -0.122. The van der Waals surface area contributed by atoms with Crippen LogP contribution < -0.4 is 21.7 Å². The van der Waals surface area contributed by atoms with Crippen molar-refractivity contribution in [3.8, 4) is 0 Å². The number of piperazine rings is 1. The molecule has 1 aliphatic carbocycles. The van der Waals surface area contributed by atoms with Crippen LogP contribution in [0.3, 0.4) is 0 Å². The number of nitrogens with one attached hydrogen (secondary N) is 3. The Morgan fingerprint density at radius 1 is 1.10 bits per heavy atom. The van der Waals surface area contributed by atoms with Crippen LogP contribution >= 0.6 is 0 Å². The summed E-state index contributed by atoms with van der Waals surface area (Å²) in [6, 6.07) is 8.13. The summed E-state index contributed by atoms with van der Waals surface area (Å²) in [5, 5.41) is 11.4. The highest BCUT2D eigenvalue weighted by atomic mass is 16.1. The minimum absolute atomic E-state index is 0.0460. The summed E-state index contributed by atoms with van der Waals surface area (Å²) in [6.07, 6.45) is 3.81. The molecule has 162 valence electrons. The molecule has 2 fully saturated rings. The number of anilines is 2. The molecule has 4 rings (SSSR count). The van der Waals surface area contributed by atoms with Gasteiger partial charge in [-0.3, -0.25) is 9.69 Å². The maximum atomic E-state index is 11.4. The first-order valence-electron chi connectivity index (χ1n) is 11.2. The maximum absolute atomic E-state index is 11.4. The SMILES string of the molecule is NC(=O)C1CCC(CNc2nc(NCCN3CCNCC3)c3ccccc3n2)CC1. The van der Waals surface area contributed by atoms with Crippen LogP contribution in [-0.2, 0) is 4.79 Å². The smallest absolute Gasteiger partial charge is 0.225 e. The predicted molar refractivity (Wildman–Crippen MR) is 120 cm³/mol. The monoisotopic (exact) mass is 411 g/mol. The van der Waals surface area contributed by atoms with E-state index in [1.165, 1.54) is 0 Å². The van der Waals surface area contributed by atoms with E-state index in [4.69, 9.17) is 15.7 Å². The first-order chi connectivity index (χ1) is 14.7. The van der Waals surface area contributed by atoms with E-state index < -0.39 is 0 Å². The lowest BCUT2D eigenvalue weighted by Gasteiger charge is -2.27. The van der Waals surface area contributed by atoms with Crippen LogP contribution in [0.25, 0.3) is 10.9 Å². The van der Waals surface area contributed by atoms with Gasteiger partial charge < -0.3 is 21.7 Å². The molecule has 2 aliphatic rings. The number of hydrogen-bond donors (Lipinski definition) is 4. The number of nitrogens with two attached hydrogens (primary N) is 1. The van der Waals surface area contributed by atoms with E-state index >= 15 is 0 Å². The summed E-state index contributed by atoms with van der Waals surface area (Å²) in [6.45, 7) is 7.00. The fourth-order valence-corrected chi connectivity index (χ4v) is 4.44. The van der Waals surface area contributed by atoms with Crippen LogP contribution in [-0.4, -0.2) is 66.6 Å². The molecular weight excluding hydrogens is 378 g/mol. The van der Waals surface area contributed by atoms with E-state index in [2.05, 4.69) is 26.9 Å². The molecule has 0 spiro atoms. The third-order valence-corrected chi connectivity index (χ3v) is 6.33. The van der Waals surface area contributed by atoms with Crippen molar-refractivity contribution in [2.45, 2.75) is 25.7 Å². The first kappa shape index (κ1) is 20.8. The van der Waals surface area contributed by atoms with Crippen molar-refractivity contribution in [1.29, 1.82) is 0 Å². The van der Waals surface area contributed by atoms with Crippen molar-refractivity contribution in [1.82, 2.24) is 20.2 Å². The molecule has 0 radical (unpaired) electrons. The van der Waals surface area contributed by atoms with E-state index in [9.17, 15) is 4.79 Å². The van der Waals surface area contributed by atoms with Gasteiger partial charge in [0.2, 0.25) is 11.9 Å². The molecule has 0 bridgehead atoms. The van der Waals surface area contributed by atoms with Crippen molar-refractivity contribution < 1.29 is 4.79 Å². The van der Waals surface area contributed by atoms with E-state index in [1.54, 1.807) is 0 Å². The molecule has 1 amide bonds. The maximum Gasteiger partial charge on any atom is 0.225 e. The molecule has 30 heavy (non-hydrogen) atoms. The zero-order valence-electron chi connectivity index (χ0n) is 17.6. The Hall–Kier alpha value is -2.45. The van der Waals surface area contributed by atoms with Gasteiger partial charge in [0.25, 0.3) is 0 Å². The highest BCUT2D eigenvalue weighted by molar-refractivity contribution is 5.90. The van der Waals surface area contributed by atoms with Crippen molar-refractivity contribution in [2.75, 3.05) is 56.4 Å². The number of para-hydroxylation sites is 1. The molecule has 8 heteroatoms. The topological polar surface area (TPSA) is 108 Å². The van der Waals surface area contributed by atoms with Gasteiger partial charge >= 0.3 is 0 Å². The van der Waals surface area contributed by atoms with Crippen LogP contribution in [0.4, 0.5) is 11.8 Å². The molecule has 0 atom stereocenters. The minimum atomic E-state index is -0.157. The summed E-state index contributed by atoms with van der Waals surface area (Å²) in [7, 11) is 0. The van der Waals surface area contributed by atoms with E-state index in [0.29, 0.717) is 11.9 Å². The van der Waals surface area contributed by atoms with Gasteiger partial charge in [0.15, 0.2) is 0 Å². The van der Waals surface area contributed by atoms with Gasteiger partial charge in [-0.25, -0.2) is 4.98 Å². The molecule has 2 aromatic rings. The molecule has 1 aliphatic heterocycles. The Labute approximate surface area is 178 Å². The second-order valence-electron chi connectivity index (χ2n) is 8.43. The van der Waals surface area contributed by atoms with Crippen molar-refractivity contribution >= 4 is 28.6 Å². The molecule has 8 nitrogen and oxygen atoms in total. The van der Waals surface area contributed by atoms with Gasteiger partial charge in [-0.05, 0) is 43.7 Å². The van der Waals surface area contributed by atoms with Crippen molar-refractivity contribution in [3.05, 3.63) is 24.3 Å². The number of carbonyl (C=O) groups is 1. The van der Waals surface area contributed by atoms with Crippen LogP contribution in [0.2, 0.25) is 0 Å². The Morgan fingerprint density at radius 3 is 2.63 bits per heavy atom. The Balaban J connectivity index is 1.36. The van der Waals surface area contributed by atoms with Crippen LogP contribution in [0.15, 0.2) is 24.3 Å². The fourth-order valence-electron chi connectivity index (χ4n) is 4.44. The average molecular weight is 412 g/mol. The molecule has 1 aromatic heterocycles. The number of aromatic nitrogens is 2. The van der Waals surface area contributed by atoms with E-state index in [-0.39, 0.29) is 11.8 Å². The lowest BCUT2D eigenvalue weighted by atomic mass is 9.82. The van der Waals surface area contributed by atoms with Crippen molar-refractivity contribution in [3.63, 3.8) is 0 Å². The van der Waals surface area contributed by atoms with Gasteiger partial charge in [-0.15, -0.1) is 0 Å². The summed E-state index contributed by atoms with van der Waals surface area (Å²) >= 11 is 0. The zero-order chi connectivity index (χ0) is 20.8. The highest BCUT2D eigenvalue weighted by Crippen LogP contribution is 2.29. The summed E-state index contributed by atoms with van der Waals surface area (Å²) in [5.74, 6) is 1.96. The predicted octanol–water partition coefficient (Wildman–Crippen LogP) is 1.65. The lowest BCUT2D eigenvalue weighted by Crippen LogP contribution is -2.45. The first-order valence-corrected chi connectivity index (χ1v) is 11.2. The number of rotatable bonds is 8. The second-order valence-corrected chi connectivity index (χ2v) is 8.43. The quantitative estimate of drug-likeness (QED) is 0.523. The van der Waals surface area contributed by atoms with Gasteiger partial charge in [-0.2, -0.15) is 4.98 Å². The third-order valence-electron chi connectivity index (χ3n) is 6.33. The third kappa shape index (κ3) is 5.37. The summed E-state index contributed by atoms with van der Waals surface area (Å²) < 4.78 is 0. The molecule has 1 saturated heterocycles. The minimum Gasteiger partial charge on any atom is -0.369 e. The van der Waals surface area contributed by atoms with Gasteiger partial charge in [0.1, 0.15) is 5.82 Å².